The van der Waals surface area contributed by atoms with Crippen molar-refractivity contribution >= 4 is 5.91 Å². The summed E-state index contributed by atoms with van der Waals surface area (Å²) in [5, 5.41) is 0. The number of amides is 1. The molecular formula is C23H20FNO3. The van der Waals surface area contributed by atoms with E-state index in [2.05, 4.69) is 0 Å². The van der Waals surface area contributed by atoms with E-state index in [-0.39, 0.29) is 18.1 Å². The van der Waals surface area contributed by atoms with Gasteiger partial charge in [-0.1, -0.05) is 36.4 Å². The molecule has 1 amide bonds. The molecule has 0 spiro atoms. The van der Waals surface area contributed by atoms with E-state index < -0.39 is 6.10 Å². The molecule has 0 aromatic heterocycles. The Morgan fingerprint density at radius 2 is 1.96 bits per heavy atom. The Morgan fingerprint density at radius 3 is 2.71 bits per heavy atom. The highest BCUT2D eigenvalue weighted by molar-refractivity contribution is 5.82. The monoisotopic (exact) mass is 377 g/mol. The Hall–Kier alpha value is -3.34. The fourth-order valence-electron chi connectivity index (χ4n) is 3.63. The van der Waals surface area contributed by atoms with Gasteiger partial charge in [-0.3, -0.25) is 4.79 Å². The molecule has 2 N–H and O–H groups in total. The maximum atomic E-state index is 13.9. The van der Waals surface area contributed by atoms with E-state index in [9.17, 15) is 9.18 Å². The Bertz CT molecular complexity index is 1050. The number of fused-ring (bicyclic) bond motifs is 3. The van der Waals surface area contributed by atoms with Crippen LogP contribution < -0.4 is 15.2 Å². The van der Waals surface area contributed by atoms with Crippen LogP contribution in [0.5, 0.6) is 11.5 Å². The average molecular weight is 377 g/mol. The number of nitrogens with two attached hydrogens (primary N) is 1. The van der Waals surface area contributed by atoms with E-state index >= 15 is 0 Å². The molecule has 4 nitrogen and oxygen atoms in total. The molecule has 4 rings (SSSR count). The predicted octanol–water partition coefficient (Wildman–Crippen LogP) is 4.40. The Morgan fingerprint density at radius 1 is 1.14 bits per heavy atom. The van der Waals surface area contributed by atoms with Crippen molar-refractivity contribution in [2.45, 2.75) is 18.9 Å². The van der Waals surface area contributed by atoms with Crippen LogP contribution in [0.25, 0.3) is 11.1 Å². The van der Waals surface area contributed by atoms with Crippen LogP contribution in [0, 0.1) is 5.82 Å². The molecule has 28 heavy (non-hydrogen) atoms. The molecule has 0 saturated heterocycles. The third kappa shape index (κ3) is 3.31. The van der Waals surface area contributed by atoms with E-state index in [1.54, 1.807) is 13.2 Å². The SMILES string of the molecule is COc1cccc2c1-c1ccc(CCC(N)=O)cc1C(c1cccc(F)c1)O2. The second-order valence-electron chi connectivity index (χ2n) is 6.77. The van der Waals surface area contributed by atoms with Crippen molar-refractivity contribution in [2.75, 3.05) is 7.11 Å². The minimum Gasteiger partial charge on any atom is -0.496 e. The zero-order valence-corrected chi connectivity index (χ0v) is 15.4. The van der Waals surface area contributed by atoms with Crippen LogP contribution in [-0.2, 0) is 11.2 Å². The summed E-state index contributed by atoms with van der Waals surface area (Å²) >= 11 is 0. The van der Waals surface area contributed by atoms with E-state index in [0.29, 0.717) is 17.9 Å². The van der Waals surface area contributed by atoms with Gasteiger partial charge in [0.2, 0.25) is 5.91 Å². The minimum atomic E-state index is -0.459. The summed E-state index contributed by atoms with van der Waals surface area (Å²) in [6.45, 7) is 0. The van der Waals surface area contributed by atoms with E-state index in [1.807, 2.05) is 42.5 Å². The highest BCUT2D eigenvalue weighted by atomic mass is 19.1. The third-order valence-corrected chi connectivity index (χ3v) is 4.93. The van der Waals surface area contributed by atoms with Gasteiger partial charge in [0.15, 0.2) is 0 Å². The molecule has 1 aliphatic rings. The van der Waals surface area contributed by atoms with E-state index in [0.717, 1.165) is 27.8 Å². The van der Waals surface area contributed by atoms with Crippen molar-refractivity contribution in [3.8, 4) is 22.6 Å². The van der Waals surface area contributed by atoms with Crippen molar-refractivity contribution in [3.05, 3.63) is 83.2 Å². The molecule has 5 heteroatoms. The number of benzene rings is 3. The van der Waals surface area contributed by atoms with Gasteiger partial charge in [0.25, 0.3) is 0 Å². The summed E-state index contributed by atoms with van der Waals surface area (Å²) in [6, 6.07) is 18.0. The van der Waals surface area contributed by atoms with Gasteiger partial charge in [0.1, 0.15) is 23.4 Å². The lowest BCUT2D eigenvalue weighted by atomic mass is 9.87. The van der Waals surface area contributed by atoms with Crippen LogP contribution in [0.3, 0.4) is 0 Å². The van der Waals surface area contributed by atoms with Gasteiger partial charge in [0, 0.05) is 12.0 Å². The molecule has 0 bridgehead atoms. The first-order chi connectivity index (χ1) is 13.6. The lowest BCUT2D eigenvalue weighted by Crippen LogP contribution is -2.17. The number of methoxy groups -OCH3 is 1. The third-order valence-electron chi connectivity index (χ3n) is 4.93. The molecule has 1 aliphatic heterocycles. The minimum absolute atomic E-state index is 0.268. The van der Waals surface area contributed by atoms with Gasteiger partial charge in [-0.05, 0) is 47.4 Å². The molecule has 0 fully saturated rings. The van der Waals surface area contributed by atoms with Gasteiger partial charge in [-0.15, -0.1) is 0 Å². The smallest absolute Gasteiger partial charge is 0.217 e. The van der Waals surface area contributed by atoms with Crippen molar-refractivity contribution in [1.29, 1.82) is 0 Å². The molecule has 1 unspecified atom stereocenters. The molecule has 1 heterocycles. The van der Waals surface area contributed by atoms with Crippen LogP contribution in [0.4, 0.5) is 4.39 Å². The molecule has 3 aromatic carbocycles. The number of aryl methyl sites for hydroxylation is 1. The fraction of sp³-hybridized carbons (Fsp3) is 0.174. The topological polar surface area (TPSA) is 61.5 Å². The molecule has 0 aliphatic carbocycles. The maximum Gasteiger partial charge on any atom is 0.217 e. The standard InChI is InChI=1S/C23H20FNO3/c1-27-19-6-3-7-20-22(19)17-10-8-14(9-11-21(25)26)12-18(17)23(28-20)15-4-2-5-16(24)13-15/h2-8,10,12-13,23H,9,11H2,1H3,(H2,25,26). The second-order valence-corrected chi connectivity index (χ2v) is 6.77. The van der Waals surface area contributed by atoms with Gasteiger partial charge < -0.3 is 15.2 Å². The van der Waals surface area contributed by atoms with Crippen LogP contribution in [-0.4, -0.2) is 13.0 Å². The van der Waals surface area contributed by atoms with Gasteiger partial charge in [0.05, 0.1) is 12.7 Å². The number of rotatable bonds is 5. The molecule has 1 atom stereocenters. The first kappa shape index (κ1) is 18.0. The van der Waals surface area contributed by atoms with Crippen LogP contribution >= 0.6 is 0 Å². The van der Waals surface area contributed by atoms with Gasteiger partial charge >= 0.3 is 0 Å². The second kappa shape index (κ2) is 7.35. The highest BCUT2D eigenvalue weighted by Gasteiger charge is 2.30. The maximum absolute atomic E-state index is 13.9. The van der Waals surface area contributed by atoms with Crippen molar-refractivity contribution in [2.24, 2.45) is 5.73 Å². The van der Waals surface area contributed by atoms with Crippen molar-refractivity contribution in [1.82, 2.24) is 0 Å². The number of primary amides is 1. The summed E-state index contributed by atoms with van der Waals surface area (Å²) < 4.78 is 25.7. The molecule has 3 aromatic rings. The summed E-state index contributed by atoms with van der Waals surface area (Å²) in [7, 11) is 1.62. The van der Waals surface area contributed by atoms with E-state index in [1.165, 1.54) is 12.1 Å². The van der Waals surface area contributed by atoms with Gasteiger partial charge in [-0.2, -0.15) is 0 Å². The van der Waals surface area contributed by atoms with Crippen LogP contribution in [0.1, 0.15) is 29.2 Å². The highest BCUT2D eigenvalue weighted by Crippen LogP contribution is 2.49. The van der Waals surface area contributed by atoms with Crippen LogP contribution in [0.15, 0.2) is 60.7 Å². The molecule has 0 radical (unpaired) electrons. The van der Waals surface area contributed by atoms with Crippen molar-refractivity contribution in [3.63, 3.8) is 0 Å². The number of carbonyl (C=O) groups excluding carboxylic acids is 1. The lowest BCUT2D eigenvalue weighted by Gasteiger charge is -2.30. The number of halogens is 1. The zero-order chi connectivity index (χ0) is 19.7. The number of carbonyl (C=O) groups is 1. The summed E-state index contributed by atoms with van der Waals surface area (Å²) in [4.78, 5) is 11.2. The predicted molar refractivity (Wildman–Crippen MR) is 105 cm³/mol. The quantitative estimate of drug-likeness (QED) is 0.717. The largest absolute Gasteiger partial charge is 0.496 e. The number of ether oxygens (including phenoxy) is 2. The zero-order valence-electron chi connectivity index (χ0n) is 15.4. The number of hydrogen-bond acceptors (Lipinski definition) is 3. The fourth-order valence-corrected chi connectivity index (χ4v) is 3.63. The Labute approximate surface area is 162 Å². The van der Waals surface area contributed by atoms with Crippen molar-refractivity contribution < 1.29 is 18.7 Å². The molecule has 0 saturated carbocycles. The summed E-state index contributed by atoms with van der Waals surface area (Å²) in [6.07, 6.45) is 0.348. The summed E-state index contributed by atoms with van der Waals surface area (Å²) in [5.74, 6) is 0.735. The molecular weight excluding hydrogens is 357 g/mol. The Balaban J connectivity index is 1.87. The van der Waals surface area contributed by atoms with E-state index in [4.69, 9.17) is 15.2 Å². The Kier molecular flexibility index (Phi) is 4.74. The van der Waals surface area contributed by atoms with Gasteiger partial charge in [-0.25, -0.2) is 4.39 Å². The summed E-state index contributed by atoms with van der Waals surface area (Å²) in [5.41, 5.74) is 9.73. The first-order valence-electron chi connectivity index (χ1n) is 9.07. The number of hydrogen-bond donors (Lipinski definition) is 1. The lowest BCUT2D eigenvalue weighted by molar-refractivity contribution is -0.117. The normalized spacial score (nSPS) is 14.6. The van der Waals surface area contributed by atoms with Crippen LogP contribution in [0.2, 0.25) is 0 Å². The average Bonchev–Trinajstić information content (AvgIpc) is 2.70. The molecule has 142 valence electrons. The first-order valence-corrected chi connectivity index (χ1v) is 9.07.